The summed E-state index contributed by atoms with van der Waals surface area (Å²) in [7, 11) is 0. The third-order valence-electron chi connectivity index (χ3n) is 7.99. The summed E-state index contributed by atoms with van der Waals surface area (Å²) in [4.78, 5) is 4.94. The summed E-state index contributed by atoms with van der Waals surface area (Å²) in [6.45, 7) is 0. The van der Waals surface area contributed by atoms with Gasteiger partial charge in [0.1, 0.15) is 0 Å². The van der Waals surface area contributed by atoms with Crippen molar-refractivity contribution in [2.75, 3.05) is 0 Å². The minimum Gasteiger partial charge on any atom is -0.309 e. The highest BCUT2D eigenvalue weighted by Crippen LogP contribution is 2.43. The fourth-order valence-electron chi connectivity index (χ4n) is 6.34. The molecule has 0 spiro atoms. The summed E-state index contributed by atoms with van der Waals surface area (Å²) in [6.07, 6.45) is 1.92. The summed E-state index contributed by atoms with van der Waals surface area (Å²) in [5, 5.41) is 11.4. The average molecular weight is 501 g/mol. The Balaban J connectivity index is 1.54. The Kier molecular flexibility index (Phi) is 3.96. The molecule has 9 aromatic rings. The van der Waals surface area contributed by atoms with Gasteiger partial charge in [-0.1, -0.05) is 60.7 Å². The van der Waals surface area contributed by atoms with Crippen molar-refractivity contribution in [1.82, 2.24) is 9.55 Å². The lowest BCUT2D eigenvalue weighted by molar-refractivity contribution is 1.18. The van der Waals surface area contributed by atoms with Crippen LogP contribution in [0.2, 0.25) is 0 Å². The lowest BCUT2D eigenvalue weighted by Crippen LogP contribution is -1.93. The monoisotopic (exact) mass is 500 g/mol. The largest absolute Gasteiger partial charge is 0.309 e. The molecule has 0 aliphatic rings. The van der Waals surface area contributed by atoms with Gasteiger partial charge in [-0.05, 0) is 70.8 Å². The number of nitrogens with zero attached hydrogens (tertiary/aromatic N) is 2. The molecule has 0 atom stereocenters. The van der Waals surface area contributed by atoms with E-state index in [2.05, 4.69) is 120 Å². The molecule has 38 heavy (non-hydrogen) atoms. The maximum Gasteiger partial charge on any atom is 0.0786 e. The lowest BCUT2D eigenvalue weighted by atomic mass is 9.94. The van der Waals surface area contributed by atoms with Gasteiger partial charge in [-0.2, -0.15) is 0 Å². The van der Waals surface area contributed by atoms with Crippen LogP contribution in [0.15, 0.2) is 121 Å². The molecule has 0 aliphatic heterocycles. The zero-order valence-electron chi connectivity index (χ0n) is 20.3. The molecule has 6 aromatic carbocycles. The van der Waals surface area contributed by atoms with Crippen LogP contribution in [0.1, 0.15) is 0 Å². The topological polar surface area (TPSA) is 17.8 Å². The van der Waals surface area contributed by atoms with Crippen molar-refractivity contribution >= 4 is 85.8 Å². The number of hydrogen-bond donors (Lipinski definition) is 0. The van der Waals surface area contributed by atoms with Crippen LogP contribution < -0.4 is 0 Å². The third-order valence-corrected chi connectivity index (χ3v) is 9.12. The van der Waals surface area contributed by atoms with E-state index in [0.29, 0.717) is 0 Å². The van der Waals surface area contributed by atoms with Crippen LogP contribution in [0, 0.1) is 0 Å². The van der Waals surface area contributed by atoms with Gasteiger partial charge in [0.2, 0.25) is 0 Å². The van der Waals surface area contributed by atoms with Crippen molar-refractivity contribution in [3.63, 3.8) is 0 Å². The maximum absolute atomic E-state index is 4.94. The first-order valence-electron chi connectivity index (χ1n) is 12.9. The second-order valence-corrected chi connectivity index (χ2v) is 11.1. The molecule has 0 saturated carbocycles. The molecule has 3 aromatic heterocycles. The van der Waals surface area contributed by atoms with Gasteiger partial charge in [0, 0.05) is 53.6 Å². The number of aromatic nitrogens is 2. The zero-order valence-corrected chi connectivity index (χ0v) is 21.2. The standard InChI is InChI=1S/C35H20N2S/c1-2-9-21(10-3-1)37-31-14-6-4-11-22(31)28-18-30-26(19-32(28)37)27-20-34-29(23-12-5-7-15-33(23)38-34)17-25(27)24-13-8-16-36-35(24)30/h1-20H. The molecule has 0 amide bonds. The fraction of sp³-hybridized carbons (Fsp3) is 0. The van der Waals surface area contributed by atoms with Gasteiger partial charge in [0.15, 0.2) is 0 Å². The molecule has 0 radical (unpaired) electrons. The van der Waals surface area contributed by atoms with Gasteiger partial charge in [0.25, 0.3) is 0 Å². The smallest absolute Gasteiger partial charge is 0.0786 e. The van der Waals surface area contributed by atoms with Gasteiger partial charge in [-0.25, -0.2) is 0 Å². The van der Waals surface area contributed by atoms with E-state index in [1.54, 1.807) is 0 Å². The van der Waals surface area contributed by atoms with E-state index >= 15 is 0 Å². The van der Waals surface area contributed by atoms with Gasteiger partial charge in [-0.15, -0.1) is 11.3 Å². The highest BCUT2D eigenvalue weighted by molar-refractivity contribution is 7.25. The molecular weight excluding hydrogens is 480 g/mol. The molecule has 9 rings (SSSR count). The third kappa shape index (κ3) is 2.64. The predicted molar refractivity (Wildman–Crippen MR) is 164 cm³/mol. The van der Waals surface area contributed by atoms with Crippen molar-refractivity contribution in [2.24, 2.45) is 0 Å². The van der Waals surface area contributed by atoms with Gasteiger partial charge in [-0.3, -0.25) is 4.98 Å². The van der Waals surface area contributed by atoms with Crippen LogP contribution in [0.4, 0.5) is 0 Å². The van der Waals surface area contributed by atoms with E-state index in [1.807, 2.05) is 17.5 Å². The first kappa shape index (κ1) is 20.3. The molecule has 3 heteroatoms. The molecule has 0 fully saturated rings. The van der Waals surface area contributed by atoms with Crippen LogP contribution in [0.3, 0.4) is 0 Å². The lowest BCUT2D eigenvalue weighted by Gasteiger charge is -2.12. The number of hydrogen-bond acceptors (Lipinski definition) is 2. The van der Waals surface area contributed by atoms with Crippen molar-refractivity contribution in [2.45, 2.75) is 0 Å². The Bertz CT molecular complexity index is 2390. The normalized spacial score (nSPS) is 12.2. The van der Waals surface area contributed by atoms with Crippen molar-refractivity contribution in [3.05, 3.63) is 121 Å². The van der Waals surface area contributed by atoms with E-state index in [0.717, 1.165) is 5.52 Å². The molecular formula is C35H20N2S. The summed E-state index contributed by atoms with van der Waals surface area (Å²) in [5.74, 6) is 0. The molecule has 0 saturated heterocycles. The summed E-state index contributed by atoms with van der Waals surface area (Å²) in [6, 6.07) is 42.0. The van der Waals surface area contributed by atoms with E-state index in [4.69, 9.17) is 4.98 Å². The summed E-state index contributed by atoms with van der Waals surface area (Å²) in [5.41, 5.74) is 4.68. The molecule has 0 unspecified atom stereocenters. The zero-order chi connectivity index (χ0) is 24.8. The van der Waals surface area contributed by atoms with E-state index in [9.17, 15) is 0 Å². The van der Waals surface area contributed by atoms with Gasteiger partial charge >= 0.3 is 0 Å². The van der Waals surface area contributed by atoms with E-state index in [-0.39, 0.29) is 0 Å². The summed E-state index contributed by atoms with van der Waals surface area (Å²) < 4.78 is 5.05. The van der Waals surface area contributed by atoms with Crippen LogP contribution in [-0.4, -0.2) is 9.55 Å². The SMILES string of the molecule is c1ccc(-n2c3ccccc3c3cc4c(cc32)c2cc3sc5ccccc5c3cc2c2cccnc24)cc1. The second-order valence-electron chi connectivity index (χ2n) is 9.99. The molecule has 0 bridgehead atoms. The number of benzene rings is 6. The second kappa shape index (κ2) is 7.41. The van der Waals surface area contributed by atoms with Crippen LogP contribution in [0.25, 0.3) is 80.1 Å². The van der Waals surface area contributed by atoms with Crippen LogP contribution >= 0.6 is 11.3 Å². The predicted octanol–water partition coefficient (Wildman–Crippen LogP) is 10.0. The molecule has 2 nitrogen and oxygen atoms in total. The Labute approximate surface area is 222 Å². The molecule has 3 heterocycles. The Morgan fingerprint density at radius 2 is 1.16 bits per heavy atom. The Morgan fingerprint density at radius 1 is 0.447 bits per heavy atom. The number of thiophene rings is 1. The van der Waals surface area contributed by atoms with E-state index in [1.165, 1.54) is 74.6 Å². The minimum absolute atomic E-state index is 1.06. The maximum atomic E-state index is 4.94. The summed E-state index contributed by atoms with van der Waals surface area (Å²) >= 11 is 1.88. The molecule has 0 aliphatic carbocycles. The number of pyridine rings is 1. The number of rotatable bonds is 1. The highest BCUT2D eigenvalue weighted by Gasteiger charge is 2.18. The molecule has 0 N–H and O–H groups in total. The first-order valence-corrected chi connectivity index (χ1v) is 13.7. The Hall–Kier alpha value is -4.73. The van der Waals surface area contributed by atoms with Crippen molar-refractivity contribution < 1.29 is 0 Å². The average Bonchev–Trinajstić information content (AvgIpc) is 3.51. The van der Waals surface area contributed by atoms with Gasteiger partial charge in [0.05, 0.1) is 16.6 Å². The molecule has 176 valence electrons. The van der Waals surface area contributed by atoms with Crippen molar-refractivity contribution in [3.8, 4) is 5.69 Å². The minimum atomic E-state index is 1.06. The Morgan fingerprint density at radius 3 is 2.08 bits per heavy atom. The quantitative estimate of drug-likeness (QED) is 0.205. The number of fused-ring (bicyclic) bond motifs is 12. The first-order chi connectivity index (χ1) is 18.8. The van der Waals surface area contributed by atoms with Crippen LogP contribution in [0.5, 0.6) is 0 Å². The van der Waals surface area contributed by atoms with Gasteiger partial charge < -0.3 is 4.57 Å². The van der Waals surface area contributed by atoms with Crippen LogP contribution in [-0.2, 0) is 0 Å². The highest BCUT2D eigenvalue weighted by atomic mass is 32.1. The van der Waals surface area contributed by atoms with E-state index < -0.39 is 0 Å². The van der Waals surface area contributed by atoms with Crippen molar-refractivity contribution in [1.29, 1.82) is 0 Å². The number of para-hydroxylation sites is 2. The fourth-order valence-corrected chi connectivity index (χ4v) is 7.47.